The van der Waals surface area contributed by atoms with E-state index < -0.39 is 0 Å². The normalized spacial score (nSPS) is 14.0. The van der Waals surface area contributed by atoms with Gasteiger partial charge in [0, 0.05) is 50.9 Å². The maximum absolute atomic E-state index is 12.2. The lowest BCUT2D eigenvalue weighted by Crippen LogP contribution is -2.28. The molecule has 0 aliphatic carbocycles. The van der Waals surface area contributed by atoms with Gasteiger partial charge in [0.1, 0.15) is 5.82 Å². The molecule has 8 heteroatoms. The van der Waals surface area contributed by atoms with Crippen molar-refractivity contribution in [3.63, 3.8) is 0 Å². The first-order chi connectivity index (χ1) is 11.6. The molecule has 24 heavy (non-hydrogen) atoms. The lowest BCUT2D eigenvalue weighted by Gasteiger charge is -2.09. The van der Waals surface area contributed by atoms with Gasteiger partial charge in [-0.05, 0) is 25.3 Å². The molecule has 0 saturated heterocycles. The van der Waals surface area contributed by atoms with Crippen LogP contribution in [0.25, 0.3) is 6.08 Å². The van der Waals surface area contributed by atoms with Gasteiger partial charge in [-0.2, -0.15) is 10.2 Å². The van der Waals surface area contributed by atoms with Gasteiger partial charge in [-0.3, -0.25) is 14.0 Å². The number of nitrogens with zero attached hydrogens (tertiary/aromatic N) is 5. The van der Waals surface area contributed by atoms with Crippen molar-refractivity contribution in [1.82, 2.24) is 29.4 Å². The number of rotatable bonds is 6. The summed E-state index contributed by atoms with van der Waals surface area (Å²) in [4.78, 5) is 23.9. The monoisotopic (exact) mass is 330 g/mol. The zero-order valence-electron chi connectivity index (χ0n) is 13.8. The highest BCUT2D eigenvalue weighted by atomic mass is 16.2. The Morgan fingerprint density at radius 3 is 3.04 bits per heavy atom. The maximum atomic E-state index is 12.2. The Morgan fingerprint density at radius 2 is 2.29 bits per heavy atom. The van der Waals surface area contributed by atoms with E-state index in [1.807, 2.05) is 13.2 Å². The zero-order valence-corrected chi connectivity index (χ0v) is 13.8. The van der Waals surface area contributed by atoms with Gasteiger partial charge in [0.15, 0.2) is 0 Å². The number of carbonyl (C=O) groups is 1. The topological polar surface area (TPSA) is 86.7 Å². The first-order valence-corrected chi connectivity index (χ1v) is 8.24. The van der Waals surface area contributed by atoms with Gasteiger partial charge >= 0.3 is 5.69 Å². The van der Waals surface area contributed by atoms with Gasteiger partial charge in [-0.15, -0.1) is 0 Å². The van der Waals surface area contributed by atoms with Crippen LogP contribution < -0.4 is 11.0 Å². The Labute approximate surface area is 139 Å². The third-order valence-corrected chi connectivity index (χ3v) is 4.03. The van der Waals surface area contributed by atoms with Crippen LogP contribution in [0, 0.1) is 0 Å². The molecule has 0 radical (unpaired) electrons. The summed E-state index contributed by atoms with van der Waals surface area (Å²) in [5.41, 5.74) is 0.843. The summed E-state index contributed by atoms with van der Waals surface area (Å²) in [5, 5.41) is 11.2. The molecule has 2 aromatic rings. The van der Waals surface area contributed by atoms with E-state index in [4.69, 9.17) is 0 Å². The lowest BCUT2D eigenvalue weighted by molar-refractivity contribution is -0.116. The van der Waals surface area contributed by atoms with Crippen molar-refractivity contribution in [3.8, 4) is 0 Å². The molecule has 0 aromatic carbocycles. The molecule has 0 spiro atoms. The van der Waals surface area contributed by atoms with E-state index in [0.29, 0.717) is 19.5 Å². The fourth-order valence-electron chi connectivity index (χ4n) is 2.79. The Morgan fingerprint density at radius 1 is 1.42 bits per heavy atom. The fraction of sp³-hybridized carbons (Fsp3) is 0.500. The minimum absolute atomic E-state index is 0.0347. The number of nitrogens with one attached hydrogen (secondary N) is 1. The van der Waals surface area contributed by atoms with Crippen molar-refractivity contribution < 1.29 is 4.79 Å². The predicted molar refractivity (Wildman–Crippen MR) is 89.3 cm³/mol. The number of hydrogen-bond donors (Lipinski definition) is 1. The van der Waals surface area contributed by atoms with Crippen LogP contribution in [0.15, 0.2) is 23.3 Å². The molecule has 1 aliphatic rings. The van der Waals surface area contributed by atoms with Gasteiger partial charge < -0.3 is 5.32 Å². The lowest BCUT2D eigenvalue weighted by atomic mass is 10.2. The molecule has 2 aromatic heterocycles. The SMILES string of the molecule is Cn1cc(/C=C/C(=O)NCCCn2nc3n(c2=O)CCCC3)cn1. The molecular weight excluding hydrogens is 308 g/mol. The van der Waals surface area contributed by atoms with Crippen LogP contribution in [0.3, 0.4) is 0 Å². The van der Waals surface area contributed by atoms with Crippen LogP contribution in [0.1, 0.15) is 30.7 Å². The molecule has 0 unspecified atom stereocenters. The molecule has 1 N–H and O–H groups in total. The van der Waals surface area contributed by atoms with Crippen molar-refractivity contribution in [2.45, 2.75) is 38.8 Å². The van der Waals surface area contributed by atoms with Gasteiger partial charge in [-0.1, -0.05) is 0 Å². The summed E-state index contributed by atoms with van der Waals surface area (Å²) >= 11 is 0. The minimum atomic E-state index is -0.157. The minimum Gasteiger partial charge on any atom is -0.352 e. The predicted octanol–water partition coefficient (Wildman–Crippen LogP) is 0.334. The van der Waals surface area contributed by atoms with Crippen molar-refractivity contribution in [2.75, 3.05) is 6.54 Å². The van der Waals surface area contributed by atoms with E-state index in [2.05, 4.69) is 15.5 Å². The number of carbonyl (C=O) groups excluding carboxylic acids is 1. The molecule has 0 saturated carbocycles. The van der Waals surface area contributed by atoms with Crippen LogP contribution in [0.2, 0.25) is 0 Å². The number of aromatic nitrogens is 5. The third kappa shape index (κ3) is 3.81. The van der Waals surface area contributed by atoms with Crippen molar-refractivity contribution in [3.05, 3.63) is 40.3 Å². The van der Waals surface area contributed by atoms with Crippen LogP contribution >= 0.6 is 0 Å². The Balaban J connectivity index is 1.44. The Kier molecular flexibility index (Phi) is 4.93. The van der Waals surface area contributed by atoms with Crippen molar-refractivity contribution in [1.29, 1.82) is 0 Å². The standard InChI is InChI=1S/C16H22N6O2/c1-20-12-13(11-18-20)6-7-15(23)17-8-4-10-22-16(24)21-9-3-2-5-14(21)19-22/h6-7,11-12H,2-5,8-10H2,1H3,(H,17,23)/b7-6+. The van der Waals surface area contributed by atoms with Gasteiger partial charge in [-0.25, -0.2) is 9.48 Å². The molecule has 0 atom stereocenters. The van der Waals surface area contributed by atoms with E-state index in [1.165, 1.54) is 10.8 Å². The largest absolute Gasteiger partial charge is 0.352 e. The van der Waals surface area contributed by atoms with Gasteiger partial charge in [0.05, 0.1) is 6.20 Å². The highest BCUT2D eigenvalue weighted by Crippen LogP contribution is 2.09. The summed E-state index contributed by atoms with van der Waals surface area (Å²) in [7, 11) is 1.83. The van der Waals surface area contributed by atoms with E-state index in [9.17, 15) is 9.59 Å². The van der Waals surface area contributed by atoms with Crippen LogP contribution in [0.5, 0.6) is 0 Å². The second kappa shape index (κ2) is 7.29. The zero-order chi connectivity index (χ0) is 16.9. The first-order valence-electron chi connectivity index (χ1n) is 8.24. The number of fused-ring (bicyclic) bond motifs is 1. The molecule has 0 fully saturated rings. The average Bonchev–Trinajstić information content (AvgIpc) is 3.14. The second-order valence-electron chi connectivity index (χ2n) is 5.96. The molecule has 8 nitrogen and oxygen atoms in total. The highest BCUT2D eigenvalue weighted by molar-refractivity contribution is 5.91. The highest BCUT2D eigenvalue weighted by Gasteiger charge is 2.16. The second-order valence-corrected chi connectivity index (χ2v) is 5.96. The Bertz CT molecular complexity index is 798. The quantitative estimate of drug-likeness (QED) is 0.611. The van der Waals surface area contributed by atoms with Crippen molar-refractivity contribution >= 4 is 12.0 Å². The number of aryl methyl sites for hydroxylation is 3. The fourth-order valence-corrected chi connectivity index (χ4v) is 2.79. The van der Waals surface area contributed by atoms with Crippen molar-refractivity contribution in [2.24, 2.45) is 7.05 Å². The number of amides is 1. The van der Waals surface area contributed by atoms with Crippen LogP contribution in [-0.4, -0.2) is 36.6 Å². The molecule has 128 valence electrons. The summed E-state index contributed by atoms with van der Waals surface area (Å²) in [5.74, 6) is 0.727. The third-order valence-electron chi connectivity index (χ3n) is 4.03. The molecule has 0 bridgehead atoms. The summed E-state index contributed by atoms with van der Waals surface area (Å²) in [6.07, 6.45) is 10.4. The molecule has 3 rings (SSSR count). The van der Waals surface area contributed by atoms with E-state index in [0.717, 1.165) is 37.2 Å². The smallest absolute Gasteiger partial charge is 0.345 e. The van der Waals surface area contributed by atoms with Crippen LogP contribution in [0.4, 0.5) is 0 Å². The van der Waals surface area contributed by atoms with Gasteiger partial charge in [0.25, 0.3) is 0 Å². The number of hydrogen-bond acceptors (Lipinski definition) is 4. The summed E-state index contributed by atoms with van der Waals surface area (Å²) in [6, 6.07) is 0. The molecular formula is C16H22N6O2. The van der Waals surface area contributed by atoms with E-state index in [-0.39, 0.29) is 11.6 Å². The van der Waals surface area contributed by atoms with Crippen LogP contribution in [-0.2, 0) is 31.4 Å². The van der Waals surface area contributed by atoms with E-state index >= 15 is 0 Å². The molecule has 1 amide bonds. The van der Waals surface area contributed by atoms with E-state index in [1.54, 1.807) is 21.5 Å². The first kappa shape index (κ1) is 16.2. The average molecular weight is 330 g/mol. The molecule has 1 aliphatic heterocycles. The summed E-state index contributed by atoms with van der Waals surface area (Å²) < 4.78 is 4.96. The van der Waals surface area contributed by atoms with Gasteiger partial charge in [0.2, 0.25) is 5.91 Å². The maximum Gasteiger partial charge on any atom is 0.345 e. The summed E-state index contributed by atoms with van der Waals surface area (Å²) in [6.45, 7) is 1.79. The Hall–Kier alpha value is -2.64. The molecule has 3 heterocycles.